The van der Waals surface area contributed by atoms with Crippen molar-refractivity contribution in [2.45, 2.75) is 41.6 Å². The van der Waals surface area contributed by atoms with Crippen molar-refractivity contribution < 1.29 is 18.5 Å². The second kappa shape index (κ2) is 10.0. The van der Waals surface area contributed by atoms with Gasteiger partial charge in [-0.1, -0.05) is 12.1 Å². The Morgan fingerprint density at radius 1 is 1.15 bits per heavy atom. The zero-order valence-electron chi connectivity index (χ0n) is 21.3. The Hall–Kier alpha value is -3.70. The molecule has 0 saturated heterocycles. The third kappa shape index (κ3) is 4.37. The summed E-state index contributed by atoms with van der Waals surface area (Å²) in [5, 5.41) is 11.5. The molecule has 40 heavy (non-hydrogen) atoms. The van der Waals surface area contributed by atoms with Crippen LogP contribution in [0.25, 0.3) is 0 Å². The van der Waals surface area contributed by atoms with Crippen LogP contribution in [0.1, 0.15) is 24.8 Å². The average molecular weight is 576 g/mol. The van der Waals surface area contributed by atoms with Crippen molar-refractivity contribution in [3.63, 3.8) is 0 Å². The van der Waals surface area contributed by atoms with Crippen LogP contribution in [0.3, 0.4) is 0 Å². The molecule has 3 aromatic rings. The number of pyridine rings is 1. The van der Waals surface area contributed by atoms with Crippen molar-refractivity contribution in [1.82, 2.24) is 14.6 Å². The lowest BCUT2D eigenvalue weighted by Gasteiger charge is -2.44. The van der Waals surface area contributed by atoms with Crippen LogP contribution in [0.4, 0.5) is 15.8 Å². The molecule has 0 spiro atoms. The molecule has 1 amide bonds. The number of anilines is 1. The summed E-state index contributed by atoms with van der Waals surface area (Å²) in [6, 6.07) is 15.0. The fraction of sp³-hybridized carbons (Fsp3) is 0.276. The summed E-state index contributed by atoms with van der Waals surface area (Å²) in [7, 11) is -1.47. The van der Waals surface area contributed by atoms with Crippen molar-refractivity contribution in [2.75, 3.05) is 4.72 Å². The molecule has 2 unspecified atom stereocenters. The quantitative estimate of drug-likeness (QED) is 0.346. The predicted octanol–water partition coefficient (Wildman–Crippen LogP) is 5.26. The van der Waals surface area contributed by atoms with Gasteiger partial charge in [0.1, 0.15) is 17.1 Å². The number of amidine groups is 1. The lowest BCUT2D eigenvalue weighted by Crippen LogP contribution is -2.53. The third-order valence-corrected chi connectivity index (χ3v) is 10.2. The summed E-state index contributed by atoms with van der Waals surface area (Å²) in [6.45, 7) is 0.348. The minimum Gasteiger partial charge on any atom is -0.511 e. The van der Waals surface area contributed by atoms with Crippen LogP contribution in [0, 0.1) is 23.6 Å². The summed E-state index contributed by atoms with van der Waals surface area (Å²) in [5.41, 5.74) is 2.35. The number of aliphatic hydroxyl groups excluding tert-OH is 1. The third-order valence-electron chi connectivity index (χ3n) is 8.29. The molecule has 2 saturated carbocycles. The number of amides is 1. The molecule has 2 aromatic carbocycles. The maximum absolute atomic E-state index is 14.0. The average Bonchev–Trinajstić information content (AvgIpc) is 3.59. The van der Waals surface area contributed by atoms with Crippen LogP contribution < -0.4 is 9.44 Å². The van der Waals surface area contributed by atoms with Crippen LogP contribution in [0.2, 0.25) is 0 Å². The van der Waals surface area contributed by atoms with Crippen LogP contribution in [0.5, 0.6) is 0 Å². The predicted molar refractivity (Wildman–Crippen MR) is 152 cm³/mol. The Labute approximate surface area is 237 Å². The molecule has 1 aromatic heterocycles. The number of nitrogens with one attached hydrogen (secondary N) is 2. The minimum absolute atomic E-state index is 0.0708. The maximum Gasteiger partial charge on any atom is 0.261 e. The van der Waals surface area contributed by atoms with E-state index in [1.807, 2.05) is 11.0 Å². The second-order valence-corrected chi connectivity index (χ2v) is 12.6. The number of nitrogens with zero attached hydrogens (tertiary/aromatic N) is 3. The highest BCUT2D eigenvalue weighted by molar-refractivity contribution is 7.98. The number of carbonyl (C=O) groups is 1. The fourth-order valence-corrected chi connectivity index (χ4v) is 8.14. The molecule has 2 bridgehead atoms. The summed E-state index contributed by atoms with van der Waals surface area (Å²) < 4.78 is 32.4. The second-order valence-electron chi connectivity index (χ2n) is 10.6. The van der Waals surface area contributed by atoms with E-state index in [4.69, 9.17) is 4.99 Å². The number of benzene rings is 2. The van der Waals surface area contributed by atoms with Crippen molar-refractivity contribution >= 4 is 46.1 Å². The Kier molecular flexibility index (Phi) is 6.35. The Bertz CT molecular complexity index is 1580. The van der Waals surface area contributed by atoms with Crippen LogP contribution >= 0.6 is 11.9 Å². The Balaban J connectivity index is 1.19. The van der Waals surface area contributed by atoms with E-state index in [9.17, 15) is 18.5 Å². The van der Waals surface area contributed by atoms with E-state index in [2.05, 4.69) is 14.4 Å². The Morgan fingerprint density at radius 2 is 1.98 bits per heavy atom. The number of aliphatic hydroxyl groups is 1. The van der Waals surface area contributed by atoms with Crippen molar-refractivity contribution in [2.24, 2.45) is 22.7 Å². The maximum atomic E-state index is 14.0. The van der Waals surface area contributed by atoms with Crippen molar-refractivity contribution in [1.29, 1.82) is 0 Å². The van der Waals surface area contributed by atoms with E-state index >= 15 is 0 Å². The monoisotopic (exact) mass is 575 g/mol. The number of carbonyl (C=O) groups excluding carboxylic acids is 1. The molecular formula is C29H26FN5O3S2. The Morgan fingerprint density at radius 3 is 2.77 bits per heavy atom. The number of hydrogen-bond acceptors (Lipinski definition) is 7. The summed E-state index contributed by atoms with van der Waals surface area (Å²) in [5.74, 6) is 0.411. The molecule has 2 aliphatic heterocycles. The number of aliphatic imine (C=N–C) groups is 1. The molecular weight excluding hydrogens is 549 g/mol. The molecule has 7 rings (SSSR count). The summed E-state index contributed by atoms with van der Waals surface area (Å²) in [4.78, 5) is 26.0. The first-order valence-electron chi connectivity index (χ1n) is 13.2. The van der Waals surface area contributed by atoms with Gasteiger partial charge in [0.2, 0.25) is 0 Å². The van der Waals surface area contributed by atoms with Gasteiger partial charge in [-0.2, -0.15) is 0 Å². The number of hydrogen-bond donors (Lipinski definition) is 3. The smallest absolute Gasteiger partial charge is 0.261 e. The fourth-order valence-electron chi connectivity index (χ4n) is 6.56. The molecule has 3 heterocycles. The van der Waals surface area contributed by atoms with Gasteiger partial charge in [-0.25, -0.2) is 13.6 Å². The number of aromatic nitrogens is 1. The summed E-state index contributed by atoms with van der Waals surface area (Å²) >= 11 is 1.29. The first-order chi connectivity index (χ1) is 19.5. The number of fused-ring (bicyclic) bond motifs is 6. The van der Waals surface area contributed by atoms with Gasteiger partial charge in [0.25, 0.3) is 5.91 Å². The topological polar surface area (TPSA) is 107 Å². The molecule has 5 atom stereocenters. The molecule has 3 N–H and O–H groups in total. The van der Waals surface area contributed by atoms with Crippen LogP contribution in [0.15, 0.2) is 93.1 Å². The number of halogens is 1. The van der Waals surface area contributed by atoms with E-state index in [1.165, 1.54) is 24.1 Å². The molecule has 0 radical (unpaired) electrons. The molecule has 8 nitrogen and oxygen atoms in total. The standard InChI is InChI=1S/C29H26FN5O3S2/c30-19-7-3-16(4-8-19)15-35-26-18-6-5-17(12-18)24(26)27(36)25(29(35)37)28-32-22-10-9-20(13-23(22)39-33-28)34-40(38)21-2-1-11-31-14-21/h1-4,7-11,13-14,17-18,24,26,34,36H,5-6,12,15H2,(H,32,33)/t17?,18-,24-,26+,40?/m1/s1. The van der Waals surface area contributed by atoms with Crippen LogP contribution in [-0.2, 0) is 22.3 Å². The van der Waals surface area contributed by atoms with Crippen molar-refractivity contribution in [3.8, 4) is 0 Å². The van der Waals surface area contributed by atoms with E-state index in [1.54, 1.807) is 48.8 Å². The summed E-state index contributed by atoms with van der Waals surface area (Å²) in [6.07, 6.45) is 6.26. The van der Waals surface area contributed by atoms with E-state index in [0.29, 0.717) is 40.5 Å². The normalized spacial score (nSPS) is 25.7. The minimum atomic E-state index is -1.47. The highest BCUT2D eigenvalue weighted by atomic mass is 32.2. The lowest BCUT2D eigenvalue weighted by atomic mass is 9.77. The van der Waals surface area contributed by atoms with E-state index < -0.39 is 11.0 Å². The van der Waals surface area contributed by atoms with Gasteiger partial charge in [0, 0.05) is 36.6 Å². The zero-order valence-corrected chi connectivity index (χ0v) is 22.9. The van der Waals surface area contributed by atoms with Gasteiger partial charge in [-0.3, -0.25) is 9.78 Å². The van der Waals surface area contributed by atoms with E-state index in [0.717, 1.165) is 29.7 Å². The first kappa shape index (κ1) is 25.3. The lowest BCUT2D eigenvalue weighted by molar-refractivity contribution is -0.134. The molecule has 2 aliphatic carbocycles. The van der Waals surface area contributed by atoms with E-state index in [-0.39, 0.29) is 35.0 Å². The highest BCUT2D eigenvalue weighted by Gasteiger charge is 2.56. The molecule has 11 heteroatoms. The van der Waals surface area contributed by atoms with Gasteiger partial charge < -0.3 is 19.5 Å². The van der Waals surface area contributed by atoms with Gasteiger partial charge >= 0.3 is 0 Å². The van der Waals surface area contributed by atoms with Gasteiger partial charge in [-0.05, 0) is 91.1 Å². The SMILES string of the molecule is O=C1C(C2=Nc3ccc(NS(=O)c4cccnc4)cc3SN2)=C(O)[C@@H]2C3CC[C@H](C3)[C@@H]2N1Cc1ccc(F)cc1. The van der Waals surface area contributed by atoms with Gasteiger partial charge in [0.05, 0.1) is 15.5 Å². The molecule has 4 aliphatic rings. The zero-order chi connectivity index (χ0) is 27.4. The van der Waals surface area contributed by atoms with Gasteiger partial charge in [-0.15, -0.1) is 0 Å². The van der Waals surface area contributed by atoms with Crippen LogP contribution in [-0.4, -0.2) is 37.0 Å². The molecule has 204 valence electrons. The van der Waals surface area contributed by atoms with Crippen molar-refractivity contribution in [3.05, 3.63) is 89.7 Å². The first-order valence-corrected chi connectivity index (χ1v) is 15.2. The van der Waals surface area contributed by atoms with Gasteiger partial charge in [0.15, 0.2) is 16.8 Å². The largest absolute Gasteiger partial charge is 0.511 e. The highest BCUT2D eigenvalue weighted by Crippen LogP contribution is 2.55. The molecule has 2 fully saturated rings. The number of rotatable bonds is 6.